The fraction of sp³-hybridized carbons (Fsp3) is 0.500. The van der Waals surface area contributed by atoms with Crippen LogP contribution < -0.4 is 5.32 Å². The predicted octanol–water partition coefficient (Wildman–Crippen LogP) is 3.10. The Balaban J connectivity index is 2.41. The normalized spacial score (nSPS) is 12.8. The van der Waals surface area contributed by atoms with Crippen LogP contribution in [0.1, 0.15) is 24.5 Å². The molecular weight excluding hydrogens is 194 g/mol. The third kappa shape index (κ3) is 3.69. The number of rotatable bonds is 5. The van der Waals surface area contributed by atoms with Crippen molar-refractivity contribution in [3.63, 3.8) is 0 Å². The van der Waals surface area contributed by atoms with Crippen molar-refractivity contribution in [2.24, 2.45) is 0 Å². The van der Waals surface area contributed by atoms with Gasteiger partial charge in [0.25, 0.3) is 0 Å². The minimum atomic E-state index is 0.493. The molecule has 0 spiro atoms. The first-order valence-electron chi connectivity index (χ1n) is 5.08. The summed E-state index contributed by atoms with van der Waals surface area (Å²) in [7, 11) is 0. The molecule has 0 aromatic heterocycles. The topological polar surface area (TPSA) is 12.0 Å². The zero-order valence-electron chi connectivity index (χ0n) is 8.89. The lowest BCUT2D eigenvalue weighted by atomic mass is 10.1. The van der Waals surface area contributed by atoms with Gasteiger partial charge >= 0.3 is 0 Å². The van der Waals surface area contributed by atoms with Crippen molar-refractivity contribution in [3.8, 4) is 0 Å². The minimum absolute atomic E-state index is 0.493. The van der Waals surface area contributed by atoms with E-state index in [2.05, 4.69) is 43.4 Å². The monoisotopic (exact) mass is 211 g/mol. The van der Waals surface area contributed by atoms with Crippen molar-refractivity contribution < 1.29 is 0 Å². The van der Waals surface area contributed by atoms with Crippen LogP contribution in [0.15, 0.2) is 24.3 Å². The Kier molecular flexibility index (Phi) is 4.99. The van der Waals surface area contributed by atoms with Crippen LogP contribution in [0.4, 0.5) is 0 Å². The summed E-state index contributed by atoms with van der Waals surface area (Å²) in [6, 6.07) is 8.95. The van der Waals surface area contributed by atoms with Crippen LogP contribution >= 0.6 is 11.6 Å². The molecule has 1 atom stereocenters. The van der Waals surface area contributed by atoms with Gasteiger partial charge in [0.2, 0.25) is 0 Å². The van der Waals surface area contributed by atoms with Crippen LogP contribution in [-0.4, -0.2) is 11.9 Å². The Morgan fingerprint density at radius 1 is 1.36 bits per heavy atom. The van der Waals surface area contributed by atoms with Crippen molar-refractivity contribution in [1.29, 1.82) is 0 Å². The maximum atomic E-state index is 5.67. The second kappa shape index (κ2) is 6.05. The molecule has 0 aliphatic rings. The highest BCUT2D eigenvalue weighted by Gasteiger charge is 2.01. The Labute approximate surface area is 91.5 Å². The largest absolute Gasteiger partial charge is 0.310 e. The molecule has 0 saturated heterocycles. The van der Waals surface area contributed by atoms with Gasteiger partial charge in [-0.1, -0.05) is 24.3 Å². The lowest BCUT2D eigenvalue weighted by molar-refractivity contribution is 0.535. The SMILES string of the molecule is Cc1ccccc1CNC(C)CCCl. The highest BCUT2D eigenvalue weighted by atomic mass is 35.5. The molecule has 1 unspecified atom stereocenters. The molecule has 0 fully saturated rings. The molecule has 1 nitrogen and oxygen atoms in total. The summed E-state index contributed by atoms with van der Waals surface area (Å²) in [5, 5.41) is 3.46. The molecule has 78 valence electrons. The summed E-state index contributed by atoms with van der Waals surface area (Å²) in [4.78, 5) is 0. The molecule has 0 radical (unpaired) electrons. The van der Waals surface area contributed by atoms with Gasteiger partial charge in [0, 0.05) is 18.5 Å². The molecule has 0 aliphatic heterocycles. The highest BCUT2D eigenvalue weighted by Crippen LogP contribution is 2.07. The molecular formula is C12H18ClN. The maximum absolute atomic E-state index is 5.67. The van der Waals surface area contributed by atoms with Gasteiger partial charge in [-0.05, 0) is 31.4 Å². The Hall–Kier alpha value is -0.530. The summed E-state index contributed by atoms with van der Waals surface area (Å²) >= 11 is 5.67. The fourth-order valence-corrected chi connectivity index (χ4v) is 1.69. The van der Waals surface area contributed by atoms with E-state index >= 15 is 0 Å². The maximum Gasteiger partial charge on any atom is 0.0238 e. The number of benzene rings is 1. The fourth-order valence-electron chi connectivity index (χ4n) is 1.36. The Bertz CT molecular complexity index is 273. The second-order valence-corrected chi connectivity index (χ2v) is 4.06. The van der Waals surface area contributed by atoms with E-state index in [1.54, 1.807) is 0 Å². The van der Waals surface area contributed by atoms with Gasteiger partial charge in [-0.15, -0.1) is 11.6 Å². The van der Waals surface area contributed by atoms with E-state index < -0.39 is 0 Å². The number of alkyl halides is 1. The first-order valence-corrected chi connectivity index (χ1v) is 5.61. The molecule has 0 bridgehead atoms. The quantitative estimate of drug-likeness (QED) is 0.739. The first kappa shape index (κ1) is 11.5. The van der Waals surface area contributed by atoms with E-state index in [1.165, 1.54) is 11.1 Å². The Morgan fingerprint density at radius 3 is 2.71 bits per heavy atom. The second-order valence-electron chi connectivity index (χ2n) is 3.69. The molecule has 0 aliphatic carbocycles. The molecule has 0 saturated carbocycles. The Morgan fingerprint density at radius 2 is 2.07 bits per heavy atom. The van der Waals surface area contributed by atoms with Crippen molar-refractivity contribution in [2.45, 2.75) is 32.9 Å². The third-order valence-corrected chi connectivity index (χ3v) is 2.66. The van der Waals surface area contributed by atoms with Crippen molar-refractivity contribution >= 4 is 11.6 Å². The van der Waals surface area contributed by atoms with Crippen LogP contribution in [-0.2, 0) is 6.54 Å². The van der Waals surface area contributed by atoms with E-state index in [0.29, 0.717) is 6.04 Å². The van der Waals surface area contributed by atoms with Crippen molar-refractivity contribution in [2.75, 3.05) is 5.88 Å². The van der Waals surface area contributed by atoms with Crippen molar-refractivity contribution in [3.05, 3.63) is 35.4 Å². The van der Waals surface area contributed by atoms with Gasteiger partial charge < -0.3 is 5.32 Å². The van der Waals surface area contributed by atoms with Crippen LogP contribution in [0.5, 0.6) is 0 Å². The number of aryl methyl sites for hydroxylation is 1. The van der Waals surface area contributed by atoms with Crippen LogP contribution in [0.25, 0.3) is 0 Å². The third-order valence-electron chi connectivity index (χ3n) is 2.44. The lowest BCUT2D eigenvalue weighted by Gasteiger charge is -2.13. The smallest absolute Gasteiger partial charge is 0.0238 e. The van der Waals surface area contributed by atoms with Gasteiger partial charge in [0.05, 0.1) is 0 Å². The molecule has 0 amide bonds. The van der Waals surface area contributed by atoms with E-state index in [4.69, 9.17) is 11.6 Å². The van der Waals surface area contributed by atoms with Crippen LogP contribution in [0, 0.1) is 6.92 Å². The minimum Gasteiger partial charge on any atom is -0.310 e. The molecule has 1 rings (SSSR count). The first-order chi connectivity index (χ1) is 6.74. The number of hydrogen-bond acceptors (Lipinski definition) is 1. The van der Waals surface area contributed by atoms with Gasteiger partial charge in [-0.3, -0.25) is 0 Å². The number of nitrogens with one attached hydrogen (secondary N) is 1. The standard InChI is InChI=1S/C12H18ClN/c1-10-5-3-4-6-12(10)9-14-11(2)7-8-13/h3-6,11,14H,7-9H2,1-2H3. The van der Waals surface area contributed by atoms with Gasteiger partial charge in [-0.2, -0.15) is 0 Å². The molecule has 14 heavy (non-hydrogen) atoms. The molecule has 2 heteroatoms. The molecule has 1 N–H and O–H groups in total. The van der Waals surface area contributed by atoms with E-state index in [9.17, 15) is 0 Å². The van der Waals surface area contributed by atoms with E-state index in [-0.39, 0.29) is 0 Å². The molecule has 0 heterocycles. The number of halogens is 1. The molecule has 1 aromatic rings. The van der Waals surface area contributed by atoms with Gasteiger partial charge in [-0.25, -0.2) is 0 Å². The summed E-state index contributed by atoms with van der Waals surface area (Å²) in [6.45, 7) is 5.24. The average molecular weight is 212 g/mol. The summed E-state index contributed by atoms with van der Waals surface area (Å²) in [6.07, 6.45) is 1.02. The van der Waals surface area contributed by atoms with Gasteiger partial charge in [0.15, 0.2) is 0 Å². The van der Waals surface area contributed by atoms with Crippen LogP contribution in [0.2, 0.25) is 0 Å². The lowest BCUT2D eigenvalue weighted by Crippen LogP contribution is -2.26. The summed E-state index contributed by atoms with van der Waals surface area (Å²) in [5.74, 6) is 0.724. The van der Waals surface area contributed by atoms with Crippen molar-refractivity contribution in [1.82, 2.24) is 5.32 Å². The zero-order valence-corrected chi connectivity index (χ0v) is 9.64. The number of hydrogen-bond donors (Lipinski definition) is 1. The van der Waals surface area contributed by atoms with E-state index in [1.807, 2.05) is 0 Å². The van der Waals surface area contributed by atoms with E-state index in [0.717, 1.165) is 18.8 Å². The summed E-state index contributed by atoms with van der Waals surface area (Å²) < 4.78 is 0. The molecule has 1 aromatic carbocycles. The predicted molar refractivity (Wildman–Crippen MR) is 62.8 cm³/mol. The zero-order chi connectivity index (χ0) is 10.4. The van der Waals surface area contributed by atoms with Gasteiger partial charge in [0.1, 0.15) is 0 Å². The highest BCUT2D eigenvalue weighted by molar-refractivity contribution is 6.17. The average Bonchev–Trinajstić information content (AvgIpc) is 2.17. The summed E-state index contributed by atoms with van der Waals surface area (Å²) in [5.41, 5.74) is 2.71. The van der Waals surface area contributed by atoms with Crippen LogP contribution in [0.3, 0.4) is 0 Å².